The quantitative estimate of drug-likeness (QED) is 0.546. The molecule has 0 amide bonds. The third-order valence-electron chi connectivity index (χ3n) is 3.51. The summed E-state index contributed by atoms with van der Waals surface area (Å²) in [5.74, 6) is -0.762. The van der Waals surface area contributed by atoms with E-state index in [9.17, 15) is 4.79 Å². The number of allylic oxidation sites excluding steroid dienone is 2. The lowest BCUT2D eigenvalue weighted by Crippen LogP contribution is -1.94. The normalized spacial score (nSPS) is 11.5. The van der Waals surface area contributed by atoms with Gasteiger partial charge in [0.2, 0.25) is 0 Å². The van der Waals surface area contributed by atoms with Crippen LogP contribution in [0.2, 0.25) is 0 Å². The Morgan fingerprint density at radius 2 is 1.91 bits per heavy atom. The number of rotatable bonds is 10. The summed E-state index contributed by atoms with van der Waals surface area (Å²) in [7, 11) is 0. The number of hydrogen-bond acceptors (Lipinski definition) is 2. The molecule has 0 spiro atoms. The van der Waals surface area contributed by atoms with Crippen LogP contribution in [-0.2, 0) is 11.2 Å². The monoisotopic (exact) mass is 318 g/mol. The van der Waals surface area contributed by atoms with Gasteiger partial charge in [-0.2, -0.15) is 0 Å². The van der Waals surface area contributed by atoms with Crippen LogP contribution >= 0.6 is 11.8 Å². The number of thioether (sulfide) groups is 1. The molecule has 0 unspecified atom stereocenters. The standard InChI is InChI=1S/C19H26O2S/c1-4-6-7-8-16-9-11-17(12-10-16)15(3)22-18(5-2)13-14-19(20)21/h5,9-12H,3-4,6-8,13-14H2,1-2H3,(H,20,21)/b18-5-. The lowest BCUT2D eigenvalue weighted by molar-refractivity contribution is -0.136. The lowest BCUT2D eigenvalue weighted by atomic mass is 10.1. The Bertz CT molecular complexity index is 515. The maximum atomic E-state index is 10.7. The Hall–Kier alpha value is -1.48. The van der Waals surface area contributed by atoms with Gasteiger partial charge in [-0.3, -0.25) is 4.79 Å². The van der Waals surface area contributed by atoms with Crippen LogP contribution in [0, 0.1) is 0 Å². The van der Waals surface area contributed by atoms with E-state index in [2.05, 4.69) is 37.8 Å². The summed E-state index contributed by atoms with van der Waals surface area (Å²) in [6.45, 7) is 8.27. The SMILES string of the molecule is C=C(S/C(=C\C)CCC(=O)O)c1ccc(CCCCC)cc1. The first-order valence-electron chi connectivity index (χ1n) is 7.89. The Morgan fingerprint density at radius 1 is 1.23 bits per heavy atom. The summed E-state index contributed by atoms with van der Waals surface area (Å²) in [5, 5.41) is 8.77. The van der Waals surface area contributed by atoms with Crippen molar-refractivity contribution in [1.29, 1.82) is 0 Å². The van der Waals surface area contributed by atoms with Gasteiger partial charge in [0.05, 0.1) is 0 Å². The number of carboxylic acid groups (broad SMARTS) is 1. The third kappa shape index (κ3) is 6.99. The first kappa shape index (κ1) is 18.6. The highest BCUT2D eigenvalue weighted by atomic mass is 32.2. The molecule has 0 saturated carbocycles. The van der Waals surface area contributed by atoms with Crippen LogP contribution in [0.4, 0.5) is 0 Å². The first-order valence-corrected chi connectivity index (χ1v) is 8.71. The van der Waals surface area contributed by atoms with Crippen LogP contribution in [0.5, 0.6) is 0 Å². The molecule has 1 aromatic carbocycles. The van der Waals surface area contributed by atoms with Crippen LogP contribution in [0.3, 0.4) is 0 Å². The zero-order valence-electron chi connectivity index (χ0n) is 13.6. The van der Waals surface area contributed by atoms with E-state index in [1.165, 1.54) is 24.8 Å². The molecule has 0 aromatic heterocycles. The first-order chi connectivity index (χ1) is 10.6. The Labute approximate surface area is 138 Å². The zero-order valence-corrected chi connectivity index (χ0v) is 14.4. The highest BCUT2D eigenvalue weighted by Gasteiger charge is 2.06. The molecular weight excluding hydrogens is 292 g/mol. The Balaban J connectivity index is 2.55. The lowest BCUT2D eigenvalue weighted by Gasteiger charge is -2.09. The van der Waals surface area contributed by atoms with E-state index in [1.807, 2.05) is 13.0 Å². The van der Waals surface area contributed by atoms with Gasteiger partial charge in [0.25, 0.3) is 0 Å². The average molecular weight is 318 g/mol. The highest BCUT2D eigenvalue weighted by Crippen LogP contribution is 2.34. The molecular formula is C19H26O2S. The van der Waals surface area contributed by atoms with Gasteiger partial charge in [-0.15, -0.1) is 0 Å². The van der Waals surface area contributed by atoms with Gasteiger partial charge in [0.15, 0.2) is 0 Å². The molecule has 3 heteroatoms. The van der Waals surface area contributed by atoms with Crippen molar-refractivity contribution in [2.75, 3.05) is 0 Å². The fraction of sp³-hybridized carbons (Fsp3) is 0.421. The summed E-state index contributed by atoms with van der Waals surface area (Å²) in [4.78, 5) is 12.7. The minimum Gasteiger partial charge on any atom is -0.481 e. The Kier molecular flexibility index (Phi) is 8.68. The predicted molar refractivity (Wildman–Crippen MR) is 96.9 cm³/mol. The van der Waals surface area contributed by atoms with E-state index in [0.717, 1.165) is 21.8 Å². The predicted octanol–water partition coefficient (Wildman–Crippen LogP) is 5.89. The zero-order chi connectivity index (χ0) is 16.4. The van der Waals surface area contributed by atoms with Gasteiger partial charge < -0.3 is 5.11 Å². The van der Waals surface area contributed by atoms with Gasteiger partial charge in [-0.1, -0.05) is 68.4 Å². The van der Waals surface area contributed by atoms with Gasteiger partial charge >= 0.3 is 5.97 Å². The number of aryl methyl sites for hydroxylation is 1. The fourth-order valence-corrected chi connectivity index (χ4v) is 3.03. The van der Waals surface area contributed by atoms with Crippen molar-refractivity contribution in [3.8, 4) is 0 Å². The molecule has 1 rings (SSSR count). The van der Waals surface area contributed by atoms with Gasteiger partial charge in [-0.25, -0.2) is 0 Å². The Morgan fingerprint density at radius 3 is 2.45 bits per heavy atom. The van der Waals surface area contributed by atoms with Crippen molar-refractivity contribution < 1.29 is 9.90 Å². The third-order valence-corrected chi connectivity index (χ3v) is 4.69. The molecule has 22 heavy (non-hydrogen) atoms. The van der Waals surface area contributed by atoms with E-state index >= 15 is 0 Å². The van der Waals surface area contributed by atoms with E-state index < -0.39 is 5.97 Å². The van der Waals surface area contributed by atoms with Gasteiger partial charge in [0.1, 0.15) is 0 Å². The van der Waals surface area contributed by atoms with Crippen LogP contribution in [0.25, 0.3) is 4.91 Å². The maximum absolute atomic E-state index is 10.7. The van der Waals surface area contributed by atoms with Crippen molar-refractivity contribution in [2.45, 2.75) is 52.4 Å². The molecule has 0 radical (unpaired) electrons. The van der Waals surface area contributed by atoms with Crippen LogP contribution in [-0.4, -0.2) is 11.1 Å². The number of hydrogen-bond donors (Lipinski definition) is 1. The van der Waals surface area contributed by atoms with E-state index in [4.69, 9.17) is 5.11 Å². The summed E-state index contributed by atoms with van der Waals surface area (Å²) in [6, 6.07) is 8.56. The molecule has 0 heterocycles. The highest BCUT2D eigenvalue weighted by molar-refractivity contribution is 8.11. The maximum Gasteiger partial charge on any atom is 0.303 e. The molecule has 0 aliphatic rings. The van der Waals surface area contributed by atoms with Crippen LogP contribution in [0.1, 0.15) is 57.1 Å². The van der Waals surface area contributed by atoms with Crippen molar-refractivity contribution in [2.24, 2.45) is 0 Å². The molecule has 2 nitrogen and oxygen atoms in total. The topological polar surface area (TPSA) is 37.3 Å². The molecule has 0 saturated heterocycles. The van der Waals surface area contributed by atoms with Gasteiger partial charge in [-0.05, 0) is 42.2 Å². The number of benzene rings is 1. The minimum atomic E-state index is -0.762. The second-order valence-corrected chi connectivity index (χ2v) is 6.55. The second kappa shape index (κ2) is 10.3. The number of carboxylic acids is 1. The molecule has 1 aromatic rings. The average Bonchev–Trinajstić information content (AvgIpc) is 2.52. The van der Waals surface area contributed by atoms with Crippen LogP contribution < -0.4 is 0 Å². The number of aliphatic carboxylic acids is 1. The number of carbonyl (C=O) groups is 1. The van der Waals surface area contributed by atoms with Crippen LogP contribution in [0.15, 0.2) is 41.8 Å². The fourth-order valence-electron chi connectivity index (χ4n) is 2.14. The summed E-state index contributed by atoms with van der Waals surface area (Å²) in [5.41, 5.74) is 2.48. The molecule has 0 fully saturated rings. The molecule has 0 atom stereocenters. The van der Waals surface area contributed by atoms with Crippen molar-refractivity contribution in [3.05, 3.63) is 53.0 Å². The second-order valence-electron chi connectivity index (χ2n) is 5.33. The van der Waals surface area contributed by atoms with E-state index in [1.54, 1.807) is 11.8 Å². The van der Waals surface area contributed by atoms with Gasteiger partial charge in [0, 0.05) is 11.3 Å². The summed E-state index contributed by atoms with van der Waals surface area (Å²) < 4.78 is 0. The molecule has 120 valence electrons. The molecule has 0 aliphatic heterocycles. The molecule has 1 N–H and O–H groups in total. The summed E-state index contributed by atoms with van der Waals surface area (Å²) in [6.07, 6.45) is 7.58. The van der Waals surface area contributed by atoms with E-state index in [-0.39, 0.29) is 6.42 Å². The molecule has 0 bridgehead atoms. The summed E-state index contributed by atoms with van der Waals surface area (Å²) >= 11 is 1.57. The van der Waals surface area contributed by atoms with Crippen molar-refractivity contribution in [1.82, 2.24) is 0 Å². The van der Waals surface area contributed by atoms with Crippen molar-refractivity contribution in [3.63, 3.8) is 0 Å². The smallest absolute Gasteiger partial charge is 0.303 e. The largest absolute Gasteiger partial charge is 0.481 e. The number of unbranched alkanes of at least 4 members (excludes halogenated alkanes) is 2. The van der Waals surface area contributed by atoms with Crippen molar-refractivity contribution >= 4 is 22.6 Å². The minimum absolute atomic E-state index is 0.163. The van der Waals surface area contributed by atoms with E-state index in [0.29, 0.717) is 6.42 Å². The molecule has 0 aliphatic carbocycles.